The highest BCUT2D eigenvalue weighted by Crippen LogP contribution is 2.15. The van der Waals surface area contributed by atoms with Crippen LogP contribution in [0.3, 0.4) is 0 Å². The highest BCUT2D eigenvalue weighted by atomic mass is 19.1. The van der Waals surface area contributed by atoms with Gasteiger partial charge in [-0.2, -0.15) is 5.10 Å². The van der Waals surface area contributed by atoms with E-state index < -0.39 is 11.5 Å². The Hall–Kier alpha value is -3.55. The van der Waals surface area contributed by atoms with Gasteiger partial charge in [0.05, 0.1) is 12.2 Å². The largest absolute Gasteiger partial charge is 0.492 e. The third kappa shape index (κ3) is 5.23. The molecule has 8 heteroatoms. The molecule has 0 bridgehead atoms. The molecule has 28 heavy (non-hydrogen) atoms. The monoisotopic (exact) mass is 385 g/mol. The van der Waals surface area contributed by atoms with Crippen molar-refractivity contribution < 1.29 is 18.3 Å². The molecule has 1 aromatic heterocycles. The van der Waals surface area contributed by atoms with E-state index in [1.54, 1.807) is 12.1 Å². The normalized spacial score (nSPS) is 10.5. The Bertz CT molecular complexity index is 1000. The summed E-state index contributed by atoms with van der Waals surface area (Å²) in [7, 11) is 0. The van der Waals surface area contributed by atoms with Crippen molar-refractivity contribution in [1.29, 1.82) is 0 Å². The number of carbonyl (C=O) groups excluding carboxylic acids is 1. The Balaban J connectivity index is 1.54. The predicted octanol–water partition coefficient (Wildman–Crippen LogP) is 2.38. The minimum atomic E-state index is -0.427. The molecule has 3 aromatic rings. The van der Waals surface area contributed by atoms with Crippen LogP contribution in [0.15, 0.2) is 65.5 Å². The van der Waals surface area contributed by atoms with Gasteiger partial charge in [0.25, 0.3) is 5.56 Å². The van der Waals surface area contributed by atoms with Crippen LogP contribution < -0.4 is 15.6 Å². The van der Waals surface area contributed by atoms with Gasteiger partial charge in [0.2, 0.25) is 5.91 Å². The van der Waals surface area contributed by atoms with E-state index in [2.05, 4.69) is 10.4 Å². The van der Waals surface area contributed by atoms with Crippen LogP contribution in [-0.4, -0.2) is 28.8 Å². The van der Waals surface area contributed by atoms with E-state index in [1.165, 1.54) is 48.5 Å². The number of amides is 1. The number of aromatic nitrogens is 2. The van der Waals surface area contributed by atoms with Crippen LogP contribution in [0, 0.1) is 11.6 Å². The number of benzene rings is 2. The topological polar surface area (TPSA) is 73.2 Å². The fraction of sp³-hybridized carbons (Fsp3) is 0.150. The van der Waals surface area contributed by atoms with Gasteiger partial charge in [-0.3, -0.25) is 9.59 Å². The van der Waals surface area contributed by atoms with E-state index in [4.69, 9.17) is 4.74 Å². The van der Waals surface area contributed by atoms with Crippen molar-refractivity contribution in [1.82, 2.24) is 15.1 Å². The highest BCUT2D eigenvalue weighted by molar-refractivity contribution is 5.75. The number of halogens is 2. The zero-order chi connectivity index (χ0) is 19.9. The van der Waals surface area contributed by atoms with Crippen molar-refractivity contribution in [3.05, 3.63) is 82.7 Å². The highest BCUT2D eigenvalue weighted by Gasteiger charge is 2.08. The van der Waals surface area contributed by atoms with Gasteiger partial charge < -0.3 is 10.1 Å². The number of carbonyl (C=O) groups is 1. The van der Waals surface area contributed by atoms with E-state index in [0.29, 0.717) is 17.0 Å². The van der Waals surface area contributed by atoms with Gasteiger partial charge in [-0.05, 0) is 54.6 Å². The number of rotatable bonds is 7. The Kier molecular flexibility index (Phi) is 6.11. The molecule has 144 valence electrons. The molecule has 0 spiro atoms. The summed E-state index contributed by atoms with van der Waals surface area (Å²) in [4.78, 5) is 24.0. The Labute approximate surface area is 159 Å². The van der Waals surface area contributed by atoms with Crippen LogP contribution in [0.1, 0.15) is 0 Å². The van der Waals surface area contributed by atoms with Crippen molar-refractivity contribution in [2.24, 2.45) is 0 Å². The first kappa shape index (κ1) is 19.2. The van der Waals surface area contributed by atoms with Crippen LogP contribution in [0.5, 0.6) is 5.75 Å². The van der Waals surface area contributed by atoms with Crippen LogP contribution in [0.25, 0.3) is 11.3 Å². The second kappa shape index (κ2) is 8.90. The van der Waals surface area contributed by atoms with E-state index in [-0.39, 0.29) is 31.3 Å². The lowest BCUT2D eigenvalue weighted by Crippen LogP contribution is -2.35. The second-order valence-electron chi connectivity index (χ2n) is 5.87. The van der Waals surface area contributed by atoms with E-state index in [1.807, 2.05) is 0 Å². The van der Waals surface area contributed by atoms with Crippen molar-refractivity contribution >= 4 is 5.91 Å². The number of hydrogen-bond acceptors (Lipinski definition) is 4. The average Bonchev–Trinajstić information content (AvgIpc) is 2.69. The summed E-state index contributed by atoms with van der Waals surface area (Å²) in [5, 5.41) is 6.77. The molecule has 0 aliphatic carbocycles. The third-order valence-corrected chi connectivity index (χ3v) is 3.81. The van der Waals surface area contributed by atoms with Crippen molar-refractivity contribution in [3.8, 4) is 17.0 Å². The molecule has 0 fully saturated rings. The summed E-state index contributed by atoms with van der Waals surface area (Å²) >= 11 is 0. The van der Waals surface area contributed by atoms with Crippen molar-refractivity contribution in [2.75, 3.05) is 13.2 Å². The molecule has 2 aromatic carbocycles. The SMILES string of the molecule is O=C(Cn1nc(-c2ccc(F)cc2)ccc1=O)NCCOc1ccc(F)cc1. The van der Waals surface area contributed by atoms with E-state index in [0.717, 1.165) is 4.68 Å². The number of nitrogens with zero attached hydrogens (tertiary/aromatic N) is 2. The molecular formula is C20H17F2N3O3. The van der Waals surface area contributed by atoms with Crippen molar-refractivity contribution in [3.63, 3.8) is 0 Å². The molecule has 0 aliphatic heterocycles. The number of ether oxygens (including phenoxy) is 1. The maximum absolute atomic E-state index is 13.0. The Morgan fingerprint density at radius 1 is 0.964 bits per heavy atom. The summed E-state index contributed by atoms with van der Waals surface area (Å²) in [5.74, 6) is -0.658. The van der Waals surface area contributed by atoms with E-state index >= 15 is 0 Å². The minimum absolute atomic E-state index is 0.190. The van der Waals surface area contributed by atoms with Crippen LogP contribution in [-0.2, 0) is 11.3 Å². The molecule has 0 atom stereocenters. The Morgan fingerprint density at radius 2 is 1.61 bits per heavy atom. The fourth-order valence-electron chi connectivity index (χ4n) is 2.42. The standard InChI is InChI=1S/C20H17F2N3O3/c21-15-3-1-14(2-4-15)18-9-10-20(27)25(24-18)13-19(26)23-11-12-28-17-7-5-16(22)6-8-17/h1-10H,11-13H2,(H,23,26). The Morgan fingerprint density at radius 3 is 2.29 bits per heavy atom. The lowest BCUT2D eigenvalue weighted by atomic mass is 10.1. The fourth-order valence-corrected chi connectivity index (χ4v) is 2.42. The molecule has 1 heterocycles. The quantitative estimate of drug-likeness (QED) is 0.634. The first-order chi connectivity index (χ1) is 13.5. The second-order valence-corrected chi connectivity index (χ2v) is 5.87. The molecule has 1 N–H and O–H groups in total. The van der Waals surface area contributed by atoms with Crippen LogP contribution >= 0.6 is 0 Å². The first-order valence-corrected chi connectivity index (χ1v) is 8.50. The summed E-state index contributed by atoms with van der Waals surface area (Å²) in [6.45, 7) is 0.141. The zero-order valence-corrected chi connectivity index (χ0v) is 14.8. The number of nitrogens with one attached hydrogen (secondary N) is 1. The van der Waals surface area contributed by atoms with Crippen LogP contribution in [0.2, 0.25) is 0 Å². The first-order valence-electron chi connectivity index (χ1n) is 8.50. The summed E-state index contributed by atoms with van der Waals surface area (Å²) in [6.07, 6.45) is 0. The lowest BCUT2D eigenvalue weighted by molar-refractivity contribution is -0.122. The molecule has 0 saturated carbocycles. The molecular weight excluding hydrogens is 368 g/mol. The van der Waals surface area contributed by atoms with Crippen LogP contribution in [0.4, 0.5) is 8.78 Å². The van der Waals surface area contributed by atoms with Gasteiger partial charge in [-0.1, -0.05) is 0 Å². The van der Waals surface area contributed by atoms with Gasteiger partial charge >= 0.3 is 0 Å². The number of hydrogen-bond donors (Lipinski definition) is 1. The zero-order valence-electron chi connectivity index (χ0n) is 14.8. The minimum Gasteiger partial charge on any atom is -0.492 e. The lowest BCUT2D eigenvalue weighted by Gasteiger charge is -2.09. The average molecular weight is 385 g/mol. The summed E-state index contributed by atoms with van der Waals surface area (Å²) < 4.78 is 32.3. The predicted molar refractivity (Wildman–Crippen MR) is 98.8 cm³/mol. The van der Waals surface area contributed by atoms with Gasteiger partial charge in [-0.15, -0.1) is 0 Å². The van der Waals surface area contributed by atoms with Gasteiger partial charge in [0.15, 0.2) is 0 Å². The molecule has 0 aliphatic rings. The molecule has 1 amide bonds. The maximum atomic E-state index is 13.0. The van der Waals surface area contributed by atoms with Crippen molar-refractivity contribution in [2.45, 2.75) is 6.54 Å². The molecule has 6 nitrogen and oxygen atoms in total. The summed E-state index contributed by atoms with van der Waals surface area (Å²) in [6, 6.07) is 14.0. The molecule has 0 unspecified atom stereocenters. The molecule has 0 radical (unpaired) electrons. The van der Waals surface area contributed by atoms with Gasteiger partial charge in [0.1, 0.15) is 30.5 Å². The van der Waals surface area contributed by atoms with E-state index in [9.17, 15) is 18.4 Å². The maximum Gasteiger partial charge on any atom is 0.267 e. The molecule has 0 saturated heterocycles. The molecule has 3 rings (SSSR count). The van der Waals surface area contributed by atoms with Gasteiger partial charge in [-0.25, -0.2) is 13.5 Å². The van der Waals surface area contributed by atoms with Gasteiger partial charge in [0, 0.05) is 11.6 Å². The smallest absolute Gasteiger partial charge is 0.267 e. The third-order valence-electron chi connectivity index (χ3n) is 3.81. The summed E-state index contributed by atoms with van der Waals surface area (Å²) in [5.41, 5.74) is 0.652.